The molecule has 4 amide bonds. The first-order valence-corrected chi connectivity index (χ1v) is 17.5. The van der Waals surface area contributed by atoms with Crippen LogP contribution in [0.4, 0.5) is 11.4 Å². The van der Waals surface area contributed by atoms with Crippen LogP contribution in [0, 0.1) is 0 Å². The van der Waals surface area contributed by atoms with Gasteiger partial charge >= 0.3 is 0 Å². The number of nitrogens with zero attached hydrogens (tertiary/aromatic N) is 4. The number of carbonyl (C=O) groups excluding carboxylic acids is 4. The number of aliphatic hydroxyl groups is 2. The molecule has 2 saturated heterocycles. The normalized spacial score (nSPS) is 18.0. The fourth-order valence-corrected chi connectivity index (χ4v) is 6.78. The van der Waals surface area contributed by atoms with E-state index in [1.165, 1.54) is 9.80 Å². The average molecular weight is 715 g/mol. The second-order valence-corrected chi connectivity index (χ2v) is 13.1. The molecule has 53 heavy (non-hydrogen) atoms. The number of likely N-dealkylation sites (tertiary alicyclic amines) is 2. The Bertz CT molecular complexity index is 1920. The summed E-state index contributed by atoms with van der Waals surface area (Å²) in [6.45, 7) is 0.776. The Kier molecular flexibility index (Phi) is 10.4. The second-order valence-electron chi connectivity index (χ2n) is 13.1. The van der Waals surface area contributed by atoms with Gasteiger partial charge in [-0.3, -0.25) is 19.2 Å². The highest BCUT2D eigenvalue weighted by Gasteiger charge is 2.38. The molecule has 0 spiro atoms. The van der Waals surface area contributed by atoms with Crippen molar-refractivity contribution in [3.63, 3.8) is 0 Å². The van der Waals surface area contributed by atoms with Crippen LogP contribution in [0.25, 0.3) is 22.9 Å². The molecule has 4 atom stereocenters. The molecule has 3 heterocycles. The maximum Gasteiger partial charge on any atom is 0.256 e. The van der Waals surface area contributed by atoms with Crippen molar-refractivity contribution < 1.29 is 33.8 Å². The van der Waals surface area contributed by atoms with Gasteiger partial charge in [-0.25, -0.2) is 0 Å². The Hall–Kier alpha value is -6.18. The zero-order valence-corrected chi connectivity index (χ0v) is 28.7. The zero-order valence-electron chi connectivity index (χ0n) is 28.7. The van der Waals surface area contributed by atoms with Gasteiger partial charge in [-0.05, 0) is 85.3 Å². The molecule has 7 rings (SSSR count). The van der Waals surface area contributed by atoms with Crippen molar-refractivity contribution >= 4 is 35.0 Å². The first-order valence-electron chi connectivity index (χ1n) is 17.5. The molecule has 0 radical (unpaired) electrons. The molecule has 0 saturated carbocycles. The Morgan fingerprint density at radius 3 is 1.34 bits per heavy atom. The molecule has 13 nitrogen and oxygen atoms in total. The van der Waals surface area contributed by atoms with Gasteiger partial charge in [0.05, 0.1) is 0 Å². The Balaban J connectivity index is 0.938. The molecule has 270 valence electrons. The van der Waals surface area contributed by atoms with Gasteiger partial charge in [0.25, 0.3) is 11.8 Å². The van der Waals surface area contributed by atoms with Crippen LogP contribution in [0.15, 0.2) is 114 Å². The number of anilines is 2. The zero-order chi connectivity index (χ0) is 36.9. The minimum Gasteiger partial charge on any atom is -0.416 e. The van der Waals surface area contributed by atoms with Gasteiger partial charge in [0.15, 0.2) is 12.2 Å². The molecule has 2 unspecified atom stereocenters. The maximum atomic E-state index is 13.2. The first-order chi connectivity index (χ1) is 25.8. The SMILES string of the molecule is O=C(Nc1ccc(-c2nnc(-c3ccc(NC(=O)C4CCCN4C(=O)[C@H](O)c4ccccc4)cc3)o2)cc1)C1CCCN1C(=O)[C@H](O)c1ccccc1. The molecule has 4 aromatic carbocycles. The van der Waals surface area contributed by atoms with Gasteiger partial charge < -0.3 is 35.1 Å². The topological polar surface area (TPSA) is 178 Å². The molecule has 0 aliphatic carbocycles. The summed E-state index contributed by atoms with van der Waals surface area (Å²) in [6.07, 6.45) is -0.371. The van der Waals surface area contributed by atoms with Crippen LogP contribution in [-0.4, -0.2) is 79.0 Å². The molecule has 2 aliphatic heterocycles. The summed E-state index contributed by atoms with van der Waals surface area (Å²) in [6, 6.07) is 29.7. The predicted molar refractivity (Wildman–Crippen MR) is 195 cm³/mol. The van der Waals surface area contributed by atoms with Crippen molar-refractivity contribution in [3.8, 4) is 22.9 Å². The van der Waals surface area contributed by atoms with Crippen molar-refractivity contribution in [3.05, 3.63) is 120 Å². The third kappa shape index (κ3) is 7.71. The summed E-state index contributed by atoms with van der Waals surface area (Å²) in [5.74, 6) is -1.14. The van der Waals surface area contributed by atoms with Crippen LogP contribution in [0.1, 0.15) is 49.0 Å². The lowest BCUT2D eigenvalue weighted by Crippen LogP contribution is -2.45. The van der Waals surface area contributed by atoms with Crippen molar-refractivity contribution in [1.29, 1.82) is 0 Å². The summed E-state index contributed by atoms with van der Waals surface area (Å²) in [4.78, 5) is 55.4. The number of benzene rings is 4. The third-order valence-electron chi connectivity index (χ3n) is 9.60. The number of nitrogens with one attached hydrogen (secondary N) is 2. The summed E-state index contributed by atoms with van der Waals surface area (Å²) < 4.78 is 5.93. The number of aromatic nitrogens is 2. The van der Waals surface area contributed by atoms with E-state index in [2.05, 4.69) is 20.8 Å². The minimum atomic E-state index is -1.34. The number of amides is 4. The van der Waals surface area contributed by atoms with E-state index in [0.717, 1.165) is 0 Å². The van der Waals surface area contributed by atoms with Crippen LogP contribution in [0.5, 0.6) is 0 Å². The van der Waals surface area contributed by atoms with Gasteiger partial charge in [-0.1, -0.05) is 60.7 Å². The standard InChI is InChI=1S/C40H38N6O7/c47-33(25-9-3-1-4-10-25)39(51)45-23-7-13-31(45)35(49)41-29-19-15-27(16-20-29)37-43-44-38(53-37)28-17-21-30(22-18-28)42-36(50)32-14-8-24-46(32)40(52)34(48)26-11-5-2-6-12-26/h1-6,9-12,15-22,31-34,47-48H,7-8,13-14,23-24H2,(H,41,49)(H,42,50)/t31?,32?,33-,34-/m1/s1. The minimum absolute atomic E-state index is 0.265. The highest BCUT2D eigenvalue weighted by atomic mass is 16.4. The van der Waals surface area contributed by atoms with Gasteiger partial charge in [0, 0.05) is 35.6 Å². The van der Waals surface area contributed by atoms with Gasteiger partial charge in [0.2, 0.25) is 23.6 Å². The fourth-order valence-electron chi connectivity index (χ4n) is 6.78. The largest absolute Gasteiger partial charge is 0.416 e. The highest BCUT2D eigenvalue weighted by Crippen LogP contribution is 2.29. The number of carbonyl (C=O) groups is 4. The van der Waals surface area contributed by atoms with E-state index in [0.29, 0.717) is 72.4 Å². The molecular formula is C40H38N6O7. The van der Waals surface area contributed by atoms with E-state index >= 15 is 0 Å². The van der Waals surface area contributed by atoms with Gasteiger partial charge in [-0.15, -0.1) is 10.2 Å². The van der Waals surface area contributed by atoms with E-state index in [9.17, 15) is 29.4 Å². The first kappa shape index (κ1) is 35.2. The number of hydrogen-bond acceptors (Lipinski definition) is 9. The van der Waals surface area contributed by atoms with Crippen LogP contribution < -0.4 is 10.6 Å². The number of rotatable bonds is 10. The van der Waals surface area contributed by atoms with Gasteiger partial charge in [0.1, 0.15) is 12.1 Å². The lowest BCUT2D eigenvalue weighted by molar-refractivity contribution is -0.144. The van der Waals surface area contributed by atoms with E-state index in [1.807, 2.05) is 0 Å². The summed E-state index contributed by atoms with van der Waals surface area (Å²) >= 11 is 0. The molecule has 4 N–H and O–H groups in total. The molecule has 5 aromatic rings. The van der Waals surface area contributed by atoms with Crippen LogP contribution in [0.2, 0.25) is 0 Å². The Labute approximate surface area is 305 Å². The maximum absolute atomic E-state index is 13.2. The van der Waals surface area contributed by atoms with Crippen LogP contribution in [-0.2, 0) is 19.2 Å². The van der Waals surface area contributed by atoms with Crippen molar-refractivity contribution in [2.45, 2.75) is 50.0 Å². The Morgan fingerprint density at radius 2 is 0.962 bits per heavy atom. The summed E-state index contributed by atoms with van der Waals surface area (Å²) in [7, 11) is 0. The summed E-state index contributed by atoms with van der Waals surface area (Å²) in [5.41, 5.74) is 3.26. The number of aliphatic hydroxyl groups excluding tert-OH is 2. The lowest BCUT2D eigenvalue weighted by Gasteiger charge is -2.26. The average Bonchev–Trinajstić information content (AvgIpc) is 4.00. The molecule has 0 bridgehead atoms. The monoisotopic (exact) mass is 714 g/mol. The van der Waals surface area contributed by atoms with Crippen molar-refractivity contribution in [2.24, 2.45) is 0 Å². The highest BCUT2D eigenvalue weighted by molar-refractivity contribution is 5.99. The summed E-state index contributed by atoms with van der Waals surface area (Å²) in [5, 5.41) is 35.3. The van der Waals surface area contributed by atoms with Gasteiger partial charge in [-0.2, -0.15) is 0 Å². The van der Waals surface area contributed by atoms with Crippen LogP contribution in [0.3, 0.4) is 0 Å². The smallest absolute Gasteiger partial charge is 0.256 e. The lowest BCUT2D eigenvalue weighted by atomic mass is 10.1. The van der Waals surface area contributed by atoms with E-state index in [1.54, 1.807) is 109 Å². The molecule has 1 aromatic heterocycles. The molecule has 2 fully saturated rings. The van der Waals surface area contributed by atoms with E-state index in [4.69, 9.17) is 4.42 Å². The van der Waals surface area contributed by atoms with E-state index in [-0.39, 0.29) is 23.6 Å². The van der Waals surface area contributed by atoms with Crippen molar-refractivity contribution in [2.75, 3.05) is 23.7 Å². The van der Waals surface area contributed by atoms with Crippen LogP contribution >= 0.6 is 0 Å². The molecule has 13 heteroatoms. The number of hydrogen-bond donors (Lipinski definition) is 4. The third-order valence-corrected chi connectivity index (χ3v) is 9.60. The quantitative estimate of drug-likeness (QED) is 0.159. The second kappa shape index (κ2) is 15.6. The molecule has 2 aliphatic rings. The molecular weight excluding hydrogens is 676 g/mol. The predicted octanol–water partition coefficient (Wildman–Crippen LogP) is 4.73. The van der Waals surface area contributed by atoms with E-state index < -0.39 is 36.1 Å². The van der Waals surface area contributed by atoms with Crippen molar-refractivity contribution in [1.82, 2.24) is 20.0 Å². The fraction of sp³-hybridized carbons (Fsp3) is 0.250. The Morgan fingerprint density at radius 1 is 0.585 bits per heavy atom.